The van der Waals surface area contributed by atoms with Gasteiger partial charge in [-0.25, -0.2) is 9.97 Å². The molecule has 2 heterocycles. The Bertz CT molecular complexity index is 659. The van der Waals surface area contributed by atoms with E-state index in [9.17, 15) is 4.79 Å². The summed E-state index contributed by atoms with van der Waals surface area (Å²) in [5, 5.41) is 7.21. The topological polar surface area (TPSA) is 76.1 Å². The van der Waals surface area contributed by atoms with E-state index in [4.69, 9.17) is 4.74 Å². The number of nitrogens with one attached hydrogen (secondary N) is 2. The Morgan fingerprint density at radius 2 is 2.33 bits per heavy atom. The lowest BCUT2D eigenvalue weighted by Crippen LogP contribution is -2.42. The molecule has 0 unspecified atom stereocenters. The van der Waals surface area contributed by atoms with Crippen molar-refractivity contribution in [3.05, 3.63) is 24.5 Å². The third kappa shape index (κ3) is 2.89. The molecule has 1 amide bonds. The summed E-state index contributed by atoms with van der Waals surface area (Å²) in [7, 11) is 1.63. The lowest BCUT2D eigenvalue weighted by molar-refractivity contribution is -0.123. The highest BCUT2D eigenvalue weighted by Gasteiger charge is 2.18. The maximum absolute atomic E-state index is 11.4. The first-order chi connectivity index (χ1) is 10.3. The summed E-state index contributed by atoms with van der Waals surface area (Å²) in [6.07, 6.45) is 4.08. The Hall–Kier alpha value is -2.37. The summed E-state index contributed by atoms with van der Waals surface area (Å²) in [6, 6.07) is 5.90. The van der Waals surface area contributed by atoms with E-state index in [0.717, 1.165) is 35.3 Å². The minimum Gasteiger partial charge on any atom is -0.494 e. The van der Waals surface area contributed by atoms with Gasteiger partial charge in [-0.05, 0) is 25.0 Å². The molecule has 1 aliphatic heterocycles. The predicted octanol–water partition coefficient (Wildman–Crippen LogP) is 1.72. The van der Waals surface area contributed by atoms with Crippen LogP contribution in [-0.2, 0) is 4.79 Å². The fourth-order valence-electron chi connectivity index (χ4n) is 2.62. The second-order valence-corrected chi connectivity index (χ2v) is 5.12. The SMILES string of the molecule is COc1cccc2c(NC[C@H]3CCCC(=O)N3)ncnc12. The van der Waals surface area contributed by atoms with E-state index in [1.807, 2.05) is 18.2 Å². The quantitative estimate of drug-likeness (QED) is 0.895. The van der Waals surface area contributed by atoms with E-state index in [-0.39, 0.29) is 11.9 Å². The zero-order valence-corrected chi connectivity index (χ0v) is 11.9. The molecule has 2 aromatic rings. The molecule has 1 atom stereocenters. The Labute approximate surface area is 122 Å². The van der Waals surface area contributed by atoms with Gasteiger partial charge in [-0.3, -0.25) is 4.79 Å². The van der Waals surface area contributed by atoms with Crippen molar-refractivity contribution in [2.24, 2.45) is 0 Å². The Morgan fingerprint density at radius 3 is 3.14 bits per heavy atom. The third-order valence-electron chi connectivity index (χ3n) is 3.69. The van der Waals surface area contributed by atoms with E-state index in [0.29, 0.717) is 13.0 Å². The van der Waals surface area contributed by atoms with Crippen LogP contribution in [0.1, 0.15) is 19.3 Å². The van der Waals surface area contributed by atoms with Crippen molar-refractivity contribution in [2.75, 3.05) is 19.0 Å². The van der Waals surface area contributed by atoms with Gasteiger partial charge < -0.3 is 15.4 Å². The molecule has 1 aliphatic rings. The zero-order valence-electron chi connectivity index (χ0n) is 11.9. The van der Waals surface area contributed by atoms with Crippen LogP contribution in [0.4, 0.5) is 5.82 Å². The van der Waals surface area contributed by atoms with Crippen molar-refractivity contribution in [2.45, 2.75) is 25.3 Å². The van der Waals surface area contributed by atoms with Gasteiger partial charge in [0.2, 0.25) is 5.91 Å². The van der Waals surface area contributed by atoms with Crippen molar-refractivity contribution in [1.29, 1.82) is 0 Å². The van der Waals surface area contributed by atoms with Crippen LogP contribution in [0, 0.1) is 0 Å². The summed E-state index contributed by atoms with van der Waals surface area (Å²) in [6.45, 7) is 0.662. The number of benzene rings is 1. The first-order valence-corrected chi connectivity index (χ1v) is 7.09. The van der Waals surface area contributed by atoms with Gasteiger partial charge >= 0.3 is 0 Å². The van der Waals surface area contributed by atoms with Crippen LogP contribution in [0.3, 0.4) is 0 Å². The van der Waals surface area contributed by atoms with Crippen LogP contribution in [0.25, 0.3) is 10.9 Å². The summed E-state index contributed by atoms with van der Waals surface area (Å²) in [5.41, 5.74) is 0.783. The number of carbonyl (C=O) groups is 1. The molecule has 1 saturated heterocycles. The molecule has 21 heavy (non-hydrogen) atoms. The molecule has 1 aromatic heterocycles. The average Bonchev–Trinajstić information content (AvgIpc) is 2.52. The number of hydrogen-bond donors (Lipinski definition) is 2. The smallest absolute Gasteiger partial charge is 0.220 e. The molecule has 1 aromatic carbocycles. The maximum atomic E-state index is 11.4. The molecule has 110 valence electrons. The lowest BCUT2D eigenvalue weighted by atomic mass is 10.0. The van der Waals surface area contributed by atoms with Crippen molar-refractivity contribution in [3.63, 3.8) is 0 Å². The maximum Gasteiger partial charge on any atom is 0.220 e. The Kier molecular flexibility index (Phi) is 3.85. The van der Waals surface area contributed by atoms with Crippen molar-refractivity contribution in [1.82, 2.24) is 15.3 Å². The number of amides is 1. The minimum atomic E-state index is 0.127. The van der Waals surface area contributed by atoms with E-state index in [1.54, 1.807) is 7.11 Å². The molecule has 1 fully saturated rings. The zero-order chi connectivity index (χ0) is 14.7. The molecule has 3 rings (SSSR count). The second kappa shape index (κ2) is 5.95. The van der Waals surface area contributed by atoms with Crippen LogP contribution < -0.4 is 15.4 Å². The molecule has 0 radical (unpaired) electrons. The second-order valence-electron chi connectivity index (χ2n) is 5.12. The average molecular weight is 286 g/mol. The van der Waals surface area contributed by atoms with Gasteiger partial charge in [-0.15, -0.1) is 0 Å². The number of ether oxygens (including phenoxy) is 1. The molecule has 0 aliphatic carbocycles. The van der Waals surface area contributed by atoms with Crippen LogP contribution >= 0.6 is 0 Å². The number of aromatic nitrogens is 2. The lowest BCUT2D eigenvalue weighted by Gasteiger charge is -2.23. The van der Waals surface area contributed by atoms with Gasteiger partial charge in [-0.1, -0.05) is 6.07 Å². The van der Waals surface area contributed by atoms with Gasteiger partial charge in [0.15, 0.2) is 0 Å². The Balaban J connectivity index is 1.79. The highest BCUT2D eigenvalue weighted by molar-refractivity contribution is 5.92. The fraction of sp³-hybridized carbons (Fsp3) is 0.400. The summed E-state index contributed by atoms with van der Waals surface area (Å²) >= 11 is 0. The van der Waals surface area contributed by atoms with Crippen molar-refractivity contribution in [3.8, 4) is 5.75 Å². The standard InChI is InChI=1S/C15H18N4O2/c1-21-12-6-3-5-11-14(12)17-9-18-15(11)16-8-10-4-2-7-13(20)19-10/h3,5-6,9-10H,2,4,7-8H2,1H3,(H,19,20)(H,16,17,18)/t10-/m1/s1. The van der Waals surface area contributed by atoms with Crippen LogP contribution in [0.2, 0.25) is 0 Å². The first kappa shape index (κ1) is 13.6. The first-order valence-electron chi connectivity index (χ1n) is 7.09. The van der Waals surface area contributed by atoms with Crippen molar-refractivity contribution >= 4 is 22.6 Å². The number of para-hydroxylation sites is 1. The Morgan fingerprint density at radius 1 is 1.43 bits per heavy atom. The van der Waals surface area contributed by atoms with E-state index in [1.165, 1.54) is 6.33 Å². The molecule has 6 heteroatoms. The molecular formula is C15H18N4O2. The van der Waals surface area contributed by atoms with Crippen LogP contribution in [-0.4, -0.2) is 35.6 Å². The number of methoxy groups -OCH3 is 1. The van der Waals surface area contributed by atoms with E-state index >= 15 is 0 Å². The molecule has 0 bridgehead atoms. The molecule has 6 nitrogen and oxygen atoms in total. The van der Waals surface area contributed by atoms with Gasteiger partial charge in [0.05, 0.1) is 7.11 Å². The number of piperidine rings is 1. The summed E-state index contributed by atoms with van der Waals surface area (Å²) < 4.78 is 5.32. The van der Waals surface area contributed by atoms with Crippen LogP contribution in [0.5, 0.6) is 5.75 Å². The monoisotopic (exact) mass is 286 g/mol. The van der Waals surface area contributed by atoms with Gasteiger partial charge in [0.1, 0.15) is 23.4 Å². The number of fused-ring (bicyclic) bond motifs is 1. The predicted molar refractivity (Wildman–Crippen MR) is 80.4 cm³/mol. The van der Waals surface area contributed by atoms with E-state index < -0.39 is 0 Å². The number of hydrogen-bond acceptors (Lipinski definition) is 5. The fourth-order valence-corrected chi connectivity index (χ4v) is 2.62. The number of rotatable bonds is 4. The van der Waals surface area contributed by atoms with Gasteiger partial charge in [0, 0.05) is 24.4 Å². The molecule has 0 spiro atoms. The normalized spacial score (nSPS) is 18.3. The van der Waals surface area contributed by atoms with Gasteiger partial charge in [0.25, 0.3) is 0 Å². The summed E-state index contributed by atoms with van der Waals surface area (Å²) in [5.74, 6) is 1.62. The van der Waals surface area contributed by atoms with E-state index in [2.05, 4.69) is 20.6 Å². The molecule has 2 N–H and O–H groups in total. The highest BCUT2D eigenvalue weighted by Crippen LogP contribution is 2.27. The third-order valence-corrected chi connectivity index (χ3v) is 3.69. The molecular weight excluding hydrogens is 268 g/mol. The number of anilines is 1. The number of nitrogens with zero attached hydrogens (tertiary/aromatic N) is 2. The van der Waals surface area contributed by atoms with Gasteiger partial charge in [-0.2, -0.15) is 0 Å². The molecule has 0 saturated carbocycles. The largest absolute Gasteiger partial charge is 0.494 e. The van der Waals surface area contributed by atoms with Crippen molar-refractivity contribution < 1.29 is 9.53 Å². The summed E-state index contributed by atoms with van der Waals surface area (Å²) in [4.78, 5) is 20.0. The highest BCUT2D eigenvalue weighted by atomic mass is 16.5. The van der Waals surface area contributed by atoms with Crippen LogP contribution in [0.15, 0.2) is 24.5 Å². The number of carbonyl (C=O) groups excluding carboxylic acids is 1. The minimum absolute atomic E-state index is 0.127.